The molecule has 0 radical (unpaired) electrons. The fourth-order valence-electron chi connectivity index (χ4n) is 6.19. The third-order valence-corrected chi connectivity index (χ3v) is 8.47. The molecule has 2 heterocycles. The summed E-state index contributed by atoms with van der Waals surface area (Å²) < 4.78 is 6.29. The molecule has 2 atom stereocenters. The first kappa shape index (κ1) is 22.0. The third kappa shape index (κ3) is 4.49. The smallest absolute Gasteiger partial charge is 0.306 e. The summed E-state index contributed by atoms with van der Waals surface area (Å²) in [5.41, 5.74) is 1.27. The summed E-state index contributed by atoms with van der Waals surface area (Å²) in [6.45, 7) is 3.20. The summed E-state index contributed by atoms with van der Waals surface area (Å²) in [6, 6.07) is 11.5. The van der Waals surface area contributed by atoms with Gasteiger partial charge in [-0.15, -0.1) is 0 Å². The van der Waals surface area contributed by atoms with Crippen LogP contribution >= 0.6 is 11.6 Å². The van der Waals surface area contributed by atoms with Crippen LogP contribution in [-0.4, -0.2) is 34.2 Å². The number of rotatable bonds is 5. The van der Waals surface area contributed by atoms with E-state index in [-0.39, 0.29) is 12.0 Å². The van der Waals surface area contributed by atoms with Crippen molar-refractivity contribution in [2.24, 2.45) is 11.8 Å². The predicted octanol–water partition coefficient (Wildman–Crippen LogP) is 6.67. The Hall–Kier alpha value is -1.78. The Balaban J connectivity index is 1.31. The van der Waals surface area contributed by atoms with Crippen LogP contribution in [0.25, 0.3) is 10.8 Å². The van der Waals surface area contributed by atoms with Gasteiger partial charge in [0.05, 0.1) is 17.0 Å². The van der Waals surface area contributed by atoms with E-state index in [9.17, 15) is 9.90 Å². The van der Waals surface area contributed by atoms with E-state index in [1.54, 1.807) is 0 Å². The molecule has 3 fully saturated rings. The number of carbonyl (C=O) groups is 1. The molecule has 2 bridgehead atoms. The van der Waals surface area contributed by atoms with E-state index in [2.05, 4.69) is 36.1 Å². The van der Waals surface area contributed by atoms with Gasteiger partial charge in [-0.1, -0.05) is 43.1 Å². The molecule has 3 aliphatic rings. The normalized spacial score (nSPS) is 30.9. The first-order valence-electron chi connectivity index (χ1n) is 12.3. The summed E-state index contributed by atoms with van der Waals surface area (Å²) in [5.74, 6) is 0.803. The maximum atomic E-state index is 11.6. The van der Waals surface area contributed by atoms with Crippen molar-refractivity contribution in [3.63, 3.8) is 0 Å². The number of benzene rings is 2. The summed E-state index contributed by atoms with van der Waals surface area (Å²) >= 11 is 6.77. The Labute approximate surface area is 195 Å². The lowest BCUT2D eigenvalue weighted by atomic mass is 9.78. The molecule has 2 aliphatic heterocycles. The van der Waals surface area contributed by atoms with E-state index in [0.29, 0.717) is 17.1 Å². The molecule has 0 spiro atoms. The monoisotopic (exact) mass is 455 g/mol. The Morgan fingerprint density at radius 2 is 1.78 bits per heavy atom. The standard InChI is InChI=1S/C27H34ClNO3/c1-17-5-9-23(10-6-17)32-25-12-8-19-13-18(7-11-24(19)26(25)28)16-29-21-3-2-4-22(29)15-20(14-21)27(30)31/h7-8,11-13,17,20-23H,2-6,9-10,14-16H2,1H3,(H,30,31). The molecular weight excluding hydrogens is 422 g/mol. The Morgan fingerprint density at radius 3 is 2.47 bits per heavy atom. The lowest BCUT2D eigenvalue weighted by molar-refractivity contribution is -0.146. The van der Waals surface area contributed by atoms with Gasteiger partial charge in [-0.25, -0.2) is 0 Å². The van der Waals surface area contributed by atoms with Crippen LogP contribution in [0.5, 0.6) is 5.75 Å². The van der Waals surface area contributed by atoms with Gasteiger partial charge in [0.2, 0.25) is 0 Å². The van der Waals surface area contributed by atoms with Gasteiger partial charge in [-0.3, -0.25) is 9.69 Å². The average Bonchev–Trinajstić information content (AvgIpc) is 2.77. The molecular formula is C27H34ClNO3. The van der Waals surface area contributed by atoms with Crippen LogP contribution in [0.15, 0.2) is 30.3 Å². The number of fused-ring (bicyclic) bond motifs is 3. The van der Waals surface area contributed by atoms with Crippen LogP contribution in [0, 0.1) is 11.8 Å². The van der Waals surface area contributed by atoms with E-state index in [0.717, 1.165) is 67.5 Å². The maximum Gasteiger partial charge on any atom is 0.306 e. The first-order chi connectivity index (χ1) is 15.5. The van der Waals surface area contributed by atoms with Crippen molar-refractivity contribution < 1.29 is 14.6 Å². The van der Waals surface area contributed by atoms with E-state index < -0.39 is 5.97 Å². The summed E-state index contributed by atoms with van der Waals surface area (Å²) in [5, 5.41) is 12.4. The fraction of sp³-hybridized carbons (Fsp3) is 0.593. The number of hydrogen-bond acceptors (Lipinski definition) is 3. The molecule has 1 saturated carbocycles. The summed E-state index contributed by atoms with van der Waals surface area (Å²) in [4.78, 5) is 14.1. The third-order valence-electron chi connectivity index (χ3n) is 8.08. The fourth-order valence-corrected chi connectivity index (χ4v) is 6.47. The highest BCUT2D eigenvalue weighted by Gasteiger charge is 2.40. The topological polar surface area (TPSA) is 49.8 Å². The average molecular weight is 456 g/mol. The Bertz CT molecular complexity index is 970. The van der Waals surface area contributed by atoms with Crippen LogP contribution in [0.2, 0.25) is 5.02 Å². The van der Waals surface area contributed by atoms with Gasteiger partial charge >= 0.3 is 5.97 Å². The largest absolute Gasteiger partial charge is 0.489 e. The van der Waals surface area contributed by atoms with Gasteiger partial charge in [0, 0.05) is 24.0 Å². The van der Waals surface area contributed by atoms with Crippen molar-refractivity contribution in [2.75, 3.05) is 0 Å². The van der Waals surface area contributed by atoms with Gasteiger partial charge in [0.25, 0.3) is 0 Å². The van der Waals surface area contributed by atoms with Gasteiger partial charge in [-0.05, 0) is 80.4 Å². The second kappa shape index (κ2) is 9.23. The number of nitrogens with zero attached hydrogens (tertiary/aromatic N) is 1. The van der Waals surface area contributed by atoms with Crippen LogP contribution in [0.1, 0.15) is 70.3 Å². The number of piperidine rings is 2. The van der Waals surface area contributed by atoms with Crippen LogP contribution in [-0.2, 0) is 11.3 Å². The predicted molar refractivity (Wildman–Crippen MR) is 128 cm³/mol. The lowest BCUT2D eigenvalue weighted by Crippen LogP contribution is -2.52. The first-order valence-corrected chi connectivity index (χ1v) is 12.7. The van der Waals surface area contributed by atoms with Crippen molar-refractivity contribution >= 4 is 28.3 Å². The molecule has 5 rings (SSSR count). The number of aliphatic carboxylic acids is 1. The van der Waals surface area contributed by atoms with Gasteiger partial charge in [0.1, 0.15) is 5.75 Å². The quantitative estimate of drug-likeness (QED) is 0.547. The molecule has 2 saturated heterocycles. The van der Waals surface area contributed by atoms with E-state index in [4.69, 9.17) is 16.3 Å². The molecule has 32 heavy (non-hydrogen) atoms. The van der Waals surface area contributed by atoms with Crippen molar-refractivity contribution in [3.05, 3.63) is 40.9 Å². The highest BCUT2D eigenvalue weighted by Crippen LogP contribution is 2.39. The Morgan fingerprint density at radius 1 is 1.06 bits per heavy atom. The summed E-state index contributed by atoms with van der Waals surface area (Å²) in [6.07, 6.45) is 9.95. The molecule has 2 aromatic carbocycles. The van der Waals surface area contributed by atoms with Crippen molar-refractivity contribution in [2.45, 2.75) is 89.4 Å². The molecule has 2 unspecified atom stereocenters. The van der Waals surface area contributed by atoms with E-state index in [1.165, 1.54) is 24.8 Å². The molecule has 1 aliphatic carbocycles. The van der Waals surface area contributed by atoms with Gasteiger partial charge in [-0.2, -0.15) is 0 Å². The van der Waals surface area contributed by atoms with Crippen LogP contribution < -0.4 is 4.74 Å². The van der Waals surface area contributed by atoms with Crippen molar-refractivity contribution in [1.29, 1.82) is 0 Å². The minimum absolute atomic E-state index is 0.178. The molecule has 4 nitrogen and oxygen atoms in total. The number of halogens is 1. The molecule has 1 N–H and O–H groups in total. The number of carboxylic acids is 1. The molecule has 0 amide bonds. The maximum absolute atomic E-state index is 11.6. The van der Waals surface area contributed by atoms with Crippen molar-refractivity contribution in [1.82, 2.24) is 4.90 Å². The Kier molecular flexibility index (Phi) is 6.35. The highest BCUT2D eigenvalue weighted by molar-refractivity contribution is 6.37. The number of hydrogen-bond donors (Lipinski definition) is 1. The van der Waals surface area contributed by atoms with Gasteiger partial charge in [0.15, 0.2) is 0 Å². The number of carboxylic acid groups (broad SMARTS) is 1. The molecule has 0 aromatic heterocycles. The second-order valence-corrected chi connectivity index (χ2v) is 10.7. The van der Waals surface area contributed by atoms with Crippen molar-refractivity contribution in [3.8, 4) is 5.75 Å². The van der Waals surface area contributed by atoms with Gasteiger partial charge < -0.3 is 9.84 Å². The lowest BCUT2D eigenvalue weighted by Gasteiger charge is -2.48. The van der Waals surface area contributed by atoms with E-state index in [1.807, 2.05) is 6.07 Å². The number of ether oxygens (including phenoxy) is 1. The van der Waals surface area contributed by atoms with Crippen LogP contribution in [0.3, 0.4) is 0 Å². The zero-order valence-corrected chi connectivity index (χ0v) is 19.7. The highest BCUT2D eigenvalue weighted by atomic mass is 35.5. The SMILES string of the molecule is CC1CCC(Oc2ccc3cc(CN4C5CCCC4CC(C(=O)O)C5)ccc3c2Cl)CC1. The minimum Gasteiger partial charge on any atom is -0.489 e. The zero-order chi connectivity index (χ0) is 22.2. The molecule has 172 valence electrons. The zero-order valence-electron chi connectivity index (χ0n) is 18.9. The second-order valence-electron chi connectivity index (χ2n) is 10.4. The minimum atomic E-state index is -0.623. The van der Waals surface area contributed by atoms with E-state index >= 15 is 0 Å². The molecule has 5 heteroatoms. The summed E-state index contributed by atoms with van der Waals surface area (Å²) in [7, 11) is 0. The molecule has 2 aromatic rings. The van der Waals surface area contributed by atoms with Crippen LogP contribution in [0.4, 0.5) is 0 Å².